The van der Waals surface area contributed by atoms with Crippen molar-refractivity contribution in [1.29, 1.82) is 5.26 Å². The number of nitrogens with zero attached hydrogens (tertiary/aromatic N) is 1. The first kappa shape index (κ1) is 13.5. The van der Waals surface area contributed by atoms with E-state index in [-0.39, 0.29) is 11.8 Å². The Morgan fingerprint density at radius 1 is 1.41 bits per heavy atom. The van der Waals surface area contributed by atoms with E-state index in [0.29, 0.717) is 12.0 Å². The summed E-state index contributed by atoms with van der Waals surface area (Å²) in [4.78, 5) is 0. The van der Waals surface area contributed by atoms with E-state index in [1.165, 1.54) is 0 Å². The minimum absolute atomic E-state index is 0.0788. The standard InChI is InChI=1S/C11H14N2O3S/c1-9(6-7-17(14,15)16)13-11-4-2-10(8-12)3-5-11/h2-5,9,13H,6-7H2,1H3,(H,14,15,16). The third-order valence-electron chi connectivity index (χ3n) is 2.24. The second-order valence-electron chi connectivity index (χ2n) is 3.81. The van der Waals surface area contributed by atoms with Crippen molar-refractivity contribution in [2.75, 3.05) is 11.1 Å². The molecule has 1 aromatic rings. The van der Waals surface area contributed by atoms with Crippen LogP contribution in [0, 0.1) is 11.3 Å². The SMILES string of the molecule is CC(CCS(=O)(=O)O)Nc1ccc(C#N)cc1. The van der Waals surface area contributed by atoms with Gasteiger partial charge in [0.25, 0.3) is 10.1 Å². The molecule has 0 radical (unpaired) electrons. The molecule has 0 heterocycles. The van der Waals surface area contributed by atoms with Crippen LogP contribution in [-0.2, 0) is 10.1 Å². The maximum Gasteiger partial charge on any atom is 0.264 e. The molecular formula is C11H14N2O3S. The summed E-state index contributed by atoms with van der Waals surface area (Å²) in [5.41, 5.74) is 1.38. The van der Waals surface area contributed by atoms with Gasteiger partial charge >= 0.3 is 0 Å². The van der Waals surface area contributed by atoms with Crippen molar-refractivity contribution in [2.24, 2.45) is 0 Å². The van der Waals surface area contributed by atoms with Gasteiger partial charge in [-0.2, -0.15) is 13.7 Å². The van der Waals surface area contributed by atoms with Crippen LogP contribution in [0.2, 0.25) is 0 Å². The smallest absolute Gasteiger partial charge is 0.264 e. The molecule has 0 aliphatic carbocycles. The van der Waals surface area contributed by atoms with Gasteiger partial charge in [-0.05, 0) is 37.6 Å². The number of rotatable bonds is 5. The maximum atomic E-state index is 10.6. The summed E-state index contributed by atoms with van der Waals surface area (Å²) < 4.78 is 29.7. The van der Waals surface area contributed by atoms with E-state index in [1.807, 2.05) is 13.0 Å². The molecule has 6 heteroatoms. The lowest BCUT2D eigenvalue weighted by atomic mass is 10.2. The molecule has 5 nitrogen and oxygen atoms in total. The number of hydrogen-bond acceptors (Lipinski definition) is 4. The van der Waals surface area contributed by atoms with Gasteiger partial charge < -0.3 is 5.32 Å². The number of anilines is 1. The fourth-order valence-electron chi connectivity index (χ4n) is 1.32. The van der Waals surface area contributed by atoms with Crippen LogP contribution in [0.3, 0.4) is 0 Å². The summed E-state index contributed by atoms with van der Waals surface area (Å²) in [5, 5.41) is 11.7. The van der Waals surface area contributed by atoms with Crippen LogP contribution >= 0.6 is 0 Å². The molecule has 0 aromatic heterocycles. The Kier molecular flexibility index (Phi) is 4.49. The second-order valence-corrected chi connectivity index (χ2v) is 5.38. The first-order valence-electron chi connectivity index (χ1n) is 5.12. The Bertz CT molecular complexity index is 503. The van der Waals surface area contributed by atoms with Crippen molar-refractivity contribution in [3.8, 4) is 6.07 Å². The average Bonchev–Trinajstić information content (AvgIpc) is 2.27. The monoisotopic (exact) mass is 254 g/mol. The number of nitriles is 1. The zero-order valence-corrected chi connectivity index (χ0v) is 10.2. The Labute approximate surface area is 101 Å². The molecule has 1 aromatic carbocycles. The summed E-state index contributed by atoms with van der Waals surface area (Å²) in [7, 11) is -3.91. The van der Waals surface area contributed by atoms with Crippen molar-refractivity contribution < 1.29 is 13.0 Å². The van der Waals surface area contributed by atoms with Crippen LogP contribution in [0.4, 0.5) is 5.69 Å². The molecule has 0 fully saturated rings. The normalized spacial score (nSPS) is 12.8. The van der Waals surface area contributed by atoms with Gasteiger partial charge in [0.15, 0.2) is 0 Å². The van der Waals surface area contributed by atoms with Crippen molar-refractivity contribution in [1.82, 2.24) is 0 Å². The van der Waals surface area contributed by atoms with Crippen LogP contribution in [0.5, 0.6) is 0 Å². The zero-order valence-electron chi connectivity index (χ0n) is 9.42. The minimum Gasteiger partial charge on any atom is -0.383 e. The Morgan fingerprint density at radius 2 is 2.00 bits per heavy atom. The van der Waals surface area contributed by atoms with Crippen molar-refractivity contribution in [3.05, 3.63) is 29.8 Å². The molecule has 0 saturated heterocycles. The zero-order chi connectivity index (χ0) is 12.9. The third-order valence-corrected chi connectivity index (χ3v) is 2.99. The highest BCUT2D eigenvalue weighted by Crippen LogP contribution is 2.11. The highest BCUT2D eigenvalue weighted by molar-refractivity contribution is 7.85. The number of nitrogens with one attached hydrogen (secondary N) is 1. The van der Waals surface area contributed by atoms with Gasteiger partial charge in [-0.15, -0.1) is 0 Å². The van der Waals surface area contributed by atoms with E-state index in [2.05, 4.69) is 5.32 Å². The molecule has 0 amide bonds. The quantitative estimate of drug-likeness (QED) is 0.779. The van der Waals surface area contributed by atoms with Crippen molar-refractivity contribution in [3.63, 3.8) is 0 Å². The fraction of sp³-hybridized carbons (Fsp3) is 0.364. The van der Waals surface area contributed by atoms with E-state index in [1.54, 1.807) is 24.3 Å². The van der Waals surface area contributed by atoms with E-state index in [4.69, 9.17) is 9.81 Å². The Balaban J connectivity index is 2.51. The highest BCUT2D eigenvalue weighted by atomic mass is 32.2. The average molecular weight is 254 g/mol. The molecule has 0 saturated carbocycles. The fourth-order valence-corrected chi connectivity index (χ4v) is 1.97. The second kappa shape index (κ2) is 5.66. The van der Waals surface area contributed by atoms with Crippen LogP contribution in [0.1, 0.15) is 18.9 Å². The molecule has 1 unspecified atom stereocenters. The van der Waals surface area contributed by atoms with Crippen molar-refractivity contribution in [2.45, 2.75) is 19.4 Å². The van der Waals surface area contributed by atoms with Gasteiger partial charge in [-0.3, -0.25) is 4.55 Å². The van der Waals surface area contributed by atoms with E-state index in [0.717, 1.165) is 5.69 Å². The molecule has 0 aliphatic rings. The maximum absolute atomic E-state index is 10.6. The largest absolute Gasteiger partial charge is 0.383 e. The molecular weight excluding hydrogens is 240 g/mol. The lowest BCUT2D eigenvalue weighted by molar-refractivity contribution is 0.479. The van der Waals surface area contributed by atoms with Gasteiger partial charge in [0.05, 0.1) is 17.4 Å². The lowest BCUT2D eigenvalue weighted by Gasteiger charge is -2.14. The van der Waals surface area contributed by atoms with Crippen molar-refractivity contribution >= 4 is 15.8 Å². The highest BCUT2D eigenvalue weighted by Gasteiger charge is 2.09. The predicted molar refractivity (Wildman–Crippen MR) is 65.3 cm³/mol. The minimum atomic E-state index is -3.91. The molecule has 17 heavy (non-hydrogen) atoms. The summed E-state index contributed by atoms with van der Waals surface area (Å²) in [6.07, 6.45) is 0.318. The van der Waals surface area contributed by atoms with Gasteiger partial charge in [-0.1, -0.05) is 0 Å². The summed E-state index contributed by atoms with van der Waals surface area (Å²) >= 11 is 0. The summed E-state index contributed by atoms with van der Waals surface area (Å²) in [5.74, 6) is -0.266. The van der Waals surface area contributed by atoms with Crippen LogP contribution in [0.15, 0.2) is 24.3 Å². The first-order valence-corrected chi connectivity index (χ1v) is 6.73. The number of benzene rings is 1. The first-order chi connectivity index (χ1) is 7.90. The van der Waals surface area contributed by atoms with Crippen LogP contribution in [0.25, 0.3) is 0 Å². The number of hydrogen-bond donors (Lipinski definition) is 2. The third kappa shape index (κ3) is 5.33. The molecule has 0 bridgehead atoms. The molecule has 92 valence electrons. The van der Waals surface area contributed by atoms with Gasteiger partial charge in [0.1, 0.15) is 0 Å². The van der Waals surface area contributed by atoms with Crippen LogP contribution in [-0.4, -0.2) is 24.8 Å². The van der Waals surface area contributed by atoms with Gasteiger partial charge in [-0.25, -0.2) is 0 Å². The Hall–Kier alpha value is -1.58. The summed E-state index contributed by atoms with van der Waals surface area (Å²) in [6.45, 7) is 1.82. The van der Waals surface area contributed by atoms with E-state index in [9.17, 15) is 8.42 Å². The molecule has 0 aliphatic heterocycles. The predicted octanol–water partition coefficient (Wildman–Crippen LogP) is 1.64. The molecule has 1 atom stereocenters. The molecule has 0 spiro atoms. The van der Waals surface area contributed by atoms with Gasteiger partial charge in [0.2, 0.25) is 0 Å². The van der Waals surface area contributed by atoms with Crippen LogP contribution < -0.4 is 5.32 Å². The van der Waals surface area contributed by atoms with E-state index >= 15 is 0 Å². The molecule has 2 N–H and O–H groups in total. The topological polar surface area (TPSA) is 90.2 Å². The van der Waals surface area contributed by atoms with Gasteiger partial charge in [0, 0.05) is 11.7 Å². The lowest BCUT2D eigenvalue weighted by Crippen LogP contribution is -2.19. The Morgan fingerprint density at radius 3 is 2.47 bits per heavy atom. The molecule has 1 rings (SSSR count). The van der Waals surface area contributed by atoms with E-state index < -0.39 is 10.1 Å². The summed E-state index contributed by atoms with van der Waals surface area (Å²) in [6, 6.07) is 8.80.